The number of hydrogen-bond acceptors (Lipinski definition) is 6. The fourth-order valence-electron chi connectivity index (χ4n) is 2.71. The van der Waals surface area contributed by atoms with Crippen molar-refractivity contribution in [1.29, 1.82) is 0 Å². The van der Waals surface area contributed by atoms with Crippen molar-refractivity contribution >= 4 is 19.1 Å². The molecule has 1 aliphatic rings. The third kappa shape index (κ3) is 4.37. The van der Waals surface area contributed by atoms with Gasteiger partial charge in [0.25, 0.3) is 0 Å². The molecule has 1 aliphatic heterocycles. The molecule has 2 rings (SSSR count). The third-order valence-corrected chi connectivity index (χ3v) is 4.89. The van der Waals surface area contributed by atoms with Crippen molar-refractivity contribution < 1.29 is 33.5 Å². The Hall–Kier alpha value is -2.06. The molecule has 0 radical (unpaired) electrons. The van der Waals surface area contributed by atoms with Gasteiger partial charge in [-0.25, -0.2) is 4.79 Å². The highest BCUT2D eigenvalue weighted by atomic mass is 16.7. The van der Waals surface area contributed by atoms with E-state index < -0.39 is 36.1 Å². The minimum absolute atomic E-state index is 0.199. The first kappa shape index (κ1) is 20.3. The first-order valence-corrected chi connectivity index (χ1v) is 8.43. The quantitative estimate of drug-likeness (QED) is 0.587. The van der Waals surface area contributed by atoms with Gasteiger partial charge in [-0.05, 0) is 39.3 Å². The van der Waals surface area contributed by atoms with E-state index in [1.807, 2.05) is 27.7 Å². The fraction of sp³-hybridized carbons (Fsp3) is 0.556. The molecular formula is C18H25BO7. The van der Waals surface area contributed by atoms with Gasteiger partial charge in [-0.3, -0.25) is 4.79 Å². The van der Waals surface area contributed by atoms with Crippen molar-refractivity contribution in [1.82, 2.24) is 0 Å². The van der Waals surface area contributed by atoms with E-state index in [2.05, 4.69) is 4.74 Å². The Kier molecular flexibility index (Phi) is 5.98. The molecule has 26 heavy (non-hydrogen) atoms. The Balaban J connectivity index is 2.33. The molecule has 0 aliphatic carbocycles. The minimum atomic E-state index is -0.979. The van der Waals surface area contributed by atoms with Crippen molar-refractivity contribution in [3.05, 3.63) is 29.8 Å². The maximum absolute atomic E-state index is 11.5. The Morgan fingerprint density at radius 2 is 1.73 bits per heavy atom. The average molecular weight is 364 g/mol. The zero-order valence-electron chi connectivity index (χ0n) is 15.8. The number of hydrogen-bond donors (Lipinski definition) is 1. The van der Waals surface area contributed by atoms with E-state index in [9.17, 15) is 14.7 Å². The van der Waals surface area contributed by atoms with Crippen LogP contribution in [0.2, 0.25) is 0 Å². The summed E-state index contributed by atoms with van der Waals surface area (Å²) in [5.41, 5.74) is -0.566. The lowest BCUT2D eigenvalue weighted by Gasteiger charge is -2.32. The second-order valence-corrected chi connectivity index (χ2v) is 7.23. The van der Waals surface area contributed by atoms with Crippen LogP contribution in [0.4, 0.5) is 0 Å². The summed E-state index contributed by atoms with van der Waals surface area (Å²) in [4.78, 5) is 22.8. The maximum atomic E-state index is 11.5. The molecule has 0 bridgehead atoms. The van der Waals surface area contributed by atoms with Crippen molar-refractivity contribution in [2.45, 2.75) is 51.1 Å². The minimum Gasteiger partial charge on any atom is -0.482 e. The second kappa shape index (κ2) is 7.67. The highest BCUT2D eigenvalue weighted by Crippen LogP contribution is 2.43. The summed E-state index contributed by atoms with van der Waals surface area (Å²) < 4.78 is 22.2. The van der Waals surface area contributed by atoms with Crippen LogP contribution in [0.1, 0.15) is 45.5 Å². The van der Waals surface area contributed by atoms with Crippen LogP contribution < -0.4 is 4.74 Å². The summed E-state index contributed by atoms with van der Waals surface area (Å²) in [6.07, 6.45) is -0.199. The molecule has 0 amide bonds. The van der Waals surface area contributed by atoms with Crippen LogP contribution in [0.15, 0.2) is 24.3 Å². The normalized spacial score (nSPS) is 19.0. The lowest BCUT2D eigenvalue weighted by molar-refractivity contribution is -0.143. The number of methoxy groups -OCH3 is 1. The molecule has 1 fully saturated rings. The van der Waals surface area contributed by atoms with E-state index in [1.165, 1.54) is 7.11 Å². The number of aliphatic carboxylic acids is 1. The van der Waals surface area contributed by atoms with E-state index in [0.717, 1.165) is 0 Å². The molecule has 0 aromatic heterocycles. The van der Waals surface area contributed by atoms with Gasteiger partial charge in [0.15, 0.2) is 6.61 Å². The van der Waals surface area contributed by atoms with Crippen LogP contribution in [0.3, 0.4) is 0 Å². The summed E-state index contributed by atoms with van der Waals surface area (Å²) in [6.45, 7) is 7.36. The first-order valence-electron chi connectivity index (χ1n) is 8.43. The van der Waals surface area contributed by atoms with Gasteiger partial charge in [-0.1, -0.05) is 18.2 Å². The van der Waals surface area contributed by atoms with Gasteiger partial charge in [-0.15, -0.1) is 0 Å². The SMILES string of the molecule is COC(=O)COc1ccccc1C(CC(=O)O)B1OC(C)(C)C(C)(C)O1. The van der Waals surface area contributed by atoms with E-state index in [4.69, 9.17) is 14.0 Å². The van der Waals surface area contributed by atoms with Gasteiger partial charge in [-0.2, -0.15) is 0 Å². The van der Waals surface area contributed by atoms with Gasteiger partial charge in [0, 0.05) is 5.82 Å². The van der Waals surface area contributed by atoms with Crippen molar-refractivity contribution in [3.63, 3.8) is 0 Å². The fourth-order valence-corrected chi connectivity index (χ4v) is 2.71. The number of para-hydroxylation sites is 1. The Morgan fingerprint density at radius 1 is 1.15 bits per heavy atom. The lowest BCUT2D eigenvalue weighted by atomic mass is 9.66. The van der Waals surface area contributed by atoms with E-state index in [-0.39, 0.29) is 13.0 Å². The van der Waals surface area contributed by atoms with Crippen molar-refractivity contribution in [2.24, 2.45) is 0 Å². The average Bonchev–Trinajstić information content (AvgIpc) is 2.78. The van der Waals surface area contributed by atoms with Gasteiger partial charge in [0.2, 0.25) is 0 Å². The van der Waals surface area contributed by atoms with Crippen molar-refractivity contribution in [3.8, 4) is 5.75 Å². The molecule has 1 N–H and O–H groups in total. The topological polar surface area (TPSA) is 91.3 Å². The smallest absolute Gasteiger partial charge is 0.466 e. The highest BCUT2D eigenvalue weighted by molar-refractivity contribution is 6.48. The van der Waals surface area contributed by atoms with Crippen LogP contribution >= 0.6 is 0 Å². The van der Waals surface area contributed by atoms with Crippen LogP contribution in [0.25, 0.3) is 0 Å². The number of benzene rings is 1. The van der Waals surface area contributed by atoms with Gasteiger partial charge in [0.1, 0.15) is 5.75 Å². The van der Waals surface area contributed by atoms with E-state index in [0.29, 0.717) is 11.3 Å². The summed E-state index contributed by atoms with van der Waals surface area (Å²) in [5, 5.41) is 9.39. The molecular weight excluding hydrogens is 339 g/mol. The predicted molar refractivity (Wildman–Crippen MR) is 95.0 cm³/mol. The van der Waals surface area contributed by atoms with Crippen LogP contribution in [-0.2, 0) is 23.6 Å². The molecule has 1 atom stereocenters. The molecule has 0 spiro atoms. The number of carbonyl (C=O) groups excluding carboxylic acids is 1. The van der Waals surface area contributed by atoms with Crippen LogP contribution in [-0.4, -0.2) is 49.1 Å². The van der Waals surface area contributed by atoms with Gasteiger partial charge < -0.3 is 23.9 Å². The molecule has 7 nitrogen and oxygen atoms in total. The monoisotopic (exact) mass is 364 g/mol. The number of esters is 1. The second-order valence-electron chi connectivity index (χ2n) is 7.23. The molecule has 1 unspecified atom stereocenters. The number of rotatable bonds is 7. The molecule has 8 heteroatoms. The first-order chi connectivity index (χ1) is 12.1. The Labute approximate surface area is 153 Å². The zero-order chi connectivity index (χ0) is 19.5. The lowest BCUT2D eigenvalue weighted by Crippen LogP contribution is -2.41. The summed E-state index contributed by atoms with van der Waals surface area (Å²) in [6, 6.07) is 6.96. The Bertz CT molecular complexity index is 655. The zero-order valence-corrected chi connectivity index (χ0v) is 15.8. The van der Waals surface area contributed by atoms with Gasteiger partial charge in [0.05, 0.1) is 24.7 Å². The molecule has 142 valence electrons. The predicted octanol–water partition coefficient (Wildman–Crippen LogP) is 2.43. The molecule has 1 aromatic carbocycles. The van der Waals surface area contributed by atoms with Crippen LogP contribution in [0.5, 0.6) is 5.75 Å². The molecule has 1 aromatic rings. The van der Waals surface area contributed by atoms with E-state index in [1.54, 1.807) is 24.3 Å². The summed E-state index contributed by atoms with van der Waals surface area (Å²) in [7, 11) is 0.522. The van der Waals surface area contributed by atoms with Gasteiger partial charge >= 0.3 is 19.1 Å². The highest BCUT2D eigenvalue weighted by Gasteiger charge is 2.54. The number of carbonyl (C=O) groups is 2. The molecule has 0 saturated carbocycles. The molecule has 1 heterocycles. The Morgan fingerprint density at radius 3 is 2.27 bits per heavy atom. The number of ether oxygens (including phenoxy) is 2. The third-order valence-electron chi connectivity index (χ3n) is 4.89. The molecule has 1 saturated heterocycles. The van der Waals surface area contributed by atoms with Crippen molar-refractivity contribution in [2.75, 3.05) is 13.7 Å². The summed E-state index contributed by atoms with van der Waals surface area (Å²) >= 11 is 0. The standard InChI is InChI=1S/C18H25BO7/c1-17(2)18(3,4)26-19(25-17)13(10-15(20)21)12-8-6-7-9-14(12)24-11-16(22)23-5/h6-9,13H,10-11H2,1-5H3,(H,20,21). The maximum Gasteiger partial charge on any atom is 0.466 e. The van der Waals surface area contributed by atoms with Crippen LogP contribution in [0, 0.1) is 0 Å². The number of carboxylic acid groups (broad SMARTS) is 1. The van der Waals surface area contributed by atoms with E-state index >= 15 is 0 Å². The number of carboxylic acids is 1. The summed E-state index contributed by atoms with van der Waals surface area (Å²) in [5.74, 6) is -1.70. The largest absolute Gasteiger partial charge is 0.482 e.